The molecule has 8 heteroatoms. The van der Waals surface area contributed by atoms with Crippen molar-refractivity contribution >= 4 is 40.4 Å². The summed E-state index contributed by atoms with van der Waals surface area (Å²) < 4.78 is 11.4. The molecule has 5 nitrogen and oxygen atoms in total. The van der Waals surface area contributed by atoms with Gasteiger partial charge < -0.3 is 14.4 Å². The fraction of sp³-hybridized carbons (Fsp3) is 0.444. The molecule has 1 aromatic heterocycles. The van der Waals surface area contributed by atoms with Crippen LogP contribution >= 0.6 is 34.5 Å². The normalized spacial score (nSPS) is 19.2. The number of amides is 1. The van der Waals surface area contributed by atoms with Crippen LogP contribution in [0.3, 0.4) is 0 Å². The highest BCUT2D eigenvalue weighted by atomic mass is 35.5. The van der Waals surface area contributed by atoms with E-state index in [-0.39, 0.29) is 12.3 Å². The Morgan fingerprint density at radius 2 is 1.85 bits per heavy atom. The molecule has 0 atom stereocenters. The number of carbonyl (C=O) groups excluding carboxylic acids is 1. The Balaban J connectivity index is 1.41. The molecule has 26 heavy (non-hydrogen) atoms. The van der Waals surface area contributed by atoms with E-state index < -0.39 is 5.79 Å². The van der Waals surface area contributed by atoms with Gasteiger partial charge >= 0.3 is 0 Å². The number of carbonyl (C=O) groups is 1. The molecule has 1 spiro atoms. The number of hydrogen-bond donors (Lipinski definition) is 0. The highest BCUT2D eigenvalue weighted by Gasteiger charge is 2.40. The highest BCUT2D eigenvalue weighted by molar-refractivity contribution is 7.13. The van der Waals surface area contributed by atoms with E-state index in [0.29, 0.717) is 36.3 Å². The van der Waals surface area contributed by atoms with Gasteiger partial charge in [0.1, 0.15) is 5.01 Å². The number of nitrogens with zero attached hydrogens (tertiary/aromatic N) is 2. The molecule has 0 bridgehead atoms. The molecule has 0 radical (unpaired) electrons. The van der Waals surface area contributed by atoms with Gasteiger partial charge in [0, 0.05) is 36.9 Å². The molecule has 0 N–H and O–H groups in total. The first-order valence-corrected chi connectivity index (χ1v) is 10.1. The minimum absolute atomic E-state index is 0.0694. The van der Waals surface area contributed by atoms with Gasteiger partial charge in [-0.1, -0.05) is 29.3 Å². The van der Waals surface area contributed by atoms with Crippen molar-refractivity contribution in [2.45, 2.75) is 25.0 Å². The SMILES string of the molecule is O=C(Cc1csc(-c2c(Cl)cccc2Cl)n1)N1CCC2(CC1)OCCO2. The minimum Gasteiger partial charge on any atom is -0.347 e. The molecule has 2 saturated heterocycles. The van der Waals surface area contributed by atoms with Gasteiger partial charge in [0.2, 0.25) is 5.91 Å². The minimum atomic E-state index is -0.467. The first-order valence-electron chi connectivity index (χ1n) is 8.51. The summed E-state index contributed by atoms with van der Waals surface area (Å²) in [6.45, 7) is 2.57. The Morgan fingerprint density at radius 1 is 1.19 bits per heavy atom. The van der Waals surface area contributed by atoms with Gasteiger partial charge in [-0.25, -0.2) is 4.98 Å². The van der Waals surface area contributed by atoms with Crippen molar-refractivity contribution in [1.82, 2.24) is 9.88 Å². The fourth-order valence-corrected chi connectivity index (χ4v) is 4.93. The van der Waals surface area contributed by atoms with Crippen LogP contribution in [0.4, 0.5) is 0 Å². The van der Waals surface area contributed by atoms with E-state index in [2.05, 4.69) is 4.98 Å². The third-order valence-electron chi connectivity index (χ3n) is 4.75. The van der Waals surface area contributed by atoms with Crippen molar-refractivity contribution in [3.63, 3.8) is 0 Å². The second kappa shape index (κ2) is 7.44. The van der Waals surface area contributed by atoms with Crippen LogP contribution < -0.4 is 0 Å². The zero-order chi connectivity index (χ0) is 18.1. The first kappa shape index (κ1) is 18.2. The Kier molecular flexibility index (Phi) is 5.21. The molecule has 0 unspecified atom stereocenters. The third kappa shape index (κ3) is 3.62. The Morgan fingerprint density at radius 3 is 2.50 bits per heavy atom. The molecule has 2 fully saturated rings. The van der Waals surface area contributed by atoms with Gasteiger partial charge in [0.15, 0.2) is 5.79 Å². The van der Waals surface area contributed by atoms with E-state index in [1.54, 1.807) is 18.2 Å². The summed E-state index contributed by atoms with van der Waals surface area (Å²) in [7, 11) is 0. The monoisotopic (exact) mass is 412 g/mol. The highest BCUT2D eigenvalue weighted by Crippen LogP contribution is 2.36. The number of ether oxygens (including phenoxy) is 2. The van der Waals surface area contributed by atoms with Crippen molar-refractivity contribution < 1.29 is 14.3 Å². The number of aromatic nitrogens is 1. The van der Waals surface area contributed by atoms with Crippen LogP contribution in [0.25, 0.3) is 10.6 Å². The van der Waals surface area contributed by atoms with Crippen molar-refractivity contribution in [3.05, 3.63) is 39.3 Å². The summed E-state index contributed by atoms with van der Waals surface area (Å²) in [4.78, 5) is 19.0. The summed E-state index contributed by atoms with van der Waals surface area (Å²) >= 11 is 13.9. The number of rotatable bonds is 3. The molecule has 1 amide bonds. The van der Waals surface area contributed by atoms with Crippen LogP contribution in [0.1, 0.15) is 18.5 Å². The van der Waals surface area contributed by atoms with Crippen molar-refractivity contribution in [3.8, 4) is 10.6 Å². The fourth-order valence-electron chi connectivity index (χ4n) is 3.35. The summed E-state index contributed by atoms with van der Waals surface area (Å²) in [5.74, 6) is -0.397. The summed E-state index contributed by atoms with van der Waals surface area (Å²) in [6.07, 6.45) is 1.71. The maximum atomic E-state index is 12.6. The number of benzene rings is 1. The predicted octanol–water partition coefficient (Wildman–Crippen LogP) is 4.02. The largest absolute Gasteiger partial charge is 0.347 e. The topological polar surface area (TPSA) is 51.7 Å². The molecule has 0 saturated carbocycles. The number of hydrogen-bond acceptors (Lipinski definition) is 5. The van der Waals surface area contributed by atoms with Crippen LogP contribution in [0.15, 0.2) is 23.6 Å². The van der Waals surface area contributed by atoms with Crippen LogP contribution in [0.2, 0.25) is 10.0 Å². The van der Waals surface area contributed by atoms with E-state index in [4.69, 9.17) is 32.7 Å². The van der Waals surface area contributed by atoms with E-state index in [1.165, 1.54) is 11.3 Å². The molecule has 0 aliphatic carbocycles. The molecule has 2 aliphatic rings. The van der Waals surface area contributed by atoms with Gasteiger partial charge in [0.05, 0.1) is 35.4 Å². The number of thiazole rings is 1. The summed E-state index contributed by atoms with van der Waals surface area (Å²) in [5.41, 5.74) is 1.45. The van der Waals surface area contributed by atoms with E-state index in [1.807, 2.05) is 10.3 Å². The van der Waals surface area contributed by atoms with E-state index in [9.17, 15) is 4.79 Å². The summed E-state index contributed by atoms with van der Waals surface area (Å²) in [6, 6.07) is 5.37. The second-order valence-corrected chi connectivity index (χ2v) is 8.08. The molecular formula is C18H18Cl2N2O3S. The average Bonchev–Trinajstić information content (AvgIpc) is 3.26. The van der Waals surface area contributed by atoms with Crippen molar-refractivity contribution in [2.24, 2.45) is 0 Å². The van der Waals surface area contributed by atoms with Gasteiger partial charge in [-0.05, 0) is 12.1 Å². The van der Waals surface area contributed by atoms with Crippen LogP contribution in [0, 0.1) is 0 Å². The lowest BCUT2D eigenvalue weighted by molar-refractivity contribution is -0.187. The molecule has 2 aliphatic heterocycles. The molecule has 1 aromatic carbocycles. The van der Waals surface area contributed by atoms with Crippen LogP contribution in [0.5, 0.6) is 0 Å². The number of piperidine rings is 1. The Labute approximate surface area is 165 Å². The molecule has 3 heterocycles. The van der Waals surface area contributed by atoms with E-state index >= 15 is 0 Å². The quantitative estimate of drug-likeness (QED) is 0.763. The first-order chi connectivity index (χ1) is 12.6. The lowest BCUT2D eigenvalue weighted by Crippen LogP contribution is -2.47. The number of halogens is 2. The van der Waals surface area contributed by atoms with Crippen LogP contribution in [-0.4, -0.2) is 47.9 Å². The van der Waals surface area contributed by atoms with Gasteiger partial charge in [-0.2, -0.15) is 0 Å². The predicted molar refractivity (Wildman–Crippen MR) is 102 cm³/mol. The van der Waals surface area contributed by atoms with E-state index in [0.717, 1.165) is 29.1 Å². The van der Waals surface area contributed by atoms with Crippen molar-refractivity contribution in [1.29, 1.82) is 0 Å². The van der Waals surface area contributed by atoms with Crippen LogP contribution in [-0.2, 0) is 20.7 Å². The average molecular weight is 413 g/mol. The van der Waals surface area contributed by atoms with Crippen molar-refractivity contribution in [2.75, 3.05) is 26.3 Å². The maximum absolute atomic E-state index is 12.6. The molecule has 4 rings (SSSR count). The Bertz CT molecular complexity index is 790. The number of likely N-dealkylation sites (tertiary alicyclic amines) is 1. The summed E-state index contributed by atoms with van der Waals surface area (Å²) in [5, 5.41) is 3.74. The maximum Gasteiger partial charge on any atom is 0.228 e. The lowest BCUT2D eigenvalue weighted by Gasteiger charge is -2.37. The molecular weight excluding hydrogens is 395 g/mol. The standard InChI is InChI=1S/C18H18Cl2N2O3S/c19-13-2-1-3-14(20)16(13)17-21-12(11-26-17)10-15(23)22-6-4-18(5-7-22)24-8-9-25-18/h1-3,11H,4-10H2. The smallest absolute Gasteiger partial charge is 0.228 e. The molecule has 2 aromatic rings. The molecule has 138 valence electrons. The van der Waals surface area contributed by atoms with Gasteiger partial charge in [-0.3, -0.25) is 4.79 Å². The zero-order valence-electron chi connectivity index (χ0n) is 14.0. The van der Waals surface area contributed by atoms with Gasteiger partial charge in [-0.15, -0.1) is 11.3 Å². The Hall–Kier alpha value is -1.18. The third-order valence-corrected chi connectivity index (χ3v) is 6.29. The van der Waals surface area contributed by atoms with Gasteiger partial charge in [0.25, 0.3) is 0 Å². The zero-order valence-corrected chi connectivity index (χ0v) is 16.4. The second-order valence-electron chi connectivity index (χ2n) is 6.41. The lowest BCUT2D eigenvalue weighted by atomic mass is 10.0.